The van der Waals surface area contributed by atoms with Crippen LogP contribution in [0.15, 0.2) is 21.8 Å². The molecular weight excluding hydrogens is 288 g/mol. The van der Waals surface area contributed by atoms with Crippen LogP contribution in [0, 0.1) is 0 Å². The molecule has 0 bridgehead atoms. The van der Waals surface area contributed by atoms with Crippen LogP contribution < -0.4 is 5.56 Å². The predicted octanol–water partition coefficient (Wildman–Crippen LogP) is 1.79. The molecule has 0 atom stereocenters. The van der Waals surface area contributed by atoms with Crippen LogP contribution in [0.3, 0.4) is 0 Å². The molecule has 17 heavy (non-hydrogen) atoms. The topological polar surface area (TPSA) is 53.4 Å². The summed E-state index contributed by atoms with van der Waals surface area (Å²) < 4.78 is 12.8. The normalized spacial score (nSPS) is 11.1. The van der Waals surface area contributed by atoms with Crippen LogP contribution in [-0.2, 0) is 16.0 Å². The summed E-state index contributed by atoms with van der Waals surface area (Å²) in [6, 6.07) is 0. The molecule has 0 aliphatic carbocycles. The molecule has 0 amide bonds. The van der Waals surface area contributed by atoms with Gasteiger partial charge in [-0.25, -0.2) is 4.98 Å². The highest BCUT2D eigenvalue weighted by Crippen LogP contribution is 2.04. The van der Waals surface area contributed by atoms with Crippen molar-refractivity contribution in [3.05, 3.63) is 27.4 Å². The van der Waals surface area contributed by atoms with E-state index in [2.05, 4.69) is 20.9 Å². The molecule has 1 heterocycles. The van der Waals surface area contributed by atoms with Gasteiger partial charge in [-0.05, 0) is 29.8 Å². The Kier molecular flexibility index (Phi) is 6.39. The number of aryl methyl sites for hydroxylation is 1. The molecule has 0 radical (unpaired) electrons. The second-order valence-electron chi connectivity index (χ2n) is 3.37. The fourth-order valence-corrected chi connectivity index (χ4v) is 1.76. The van der Waals surface area contributed by atoms with E-state index in [9.17, 15) is 4.79 Å². The van der Waals surface area contributed by atoms with Crippen molar-refractivity contribution in [1.82, 2.24) is 9.55 Å². The molecule has 5 nitrogen and oxygen atoms in total. The molecule has 0 saturated heterocycles. The molecule has 0 N–H and O–H groups in total. The first-order chi connectivity index (χ1) is 8.19. The number of aromatic nitrogens is 2. The fraction of sp³-hybridized carbons (Fsp3) is 0.636. The van der Waals surface area contributed by atoms with Crippen LogP contribution in [0.4, 0.5) is 0 Å². The van der Waals surface area contributed by atoms with Crippen molar-refractivity contribution < 1.29 is 9.47 Å². The third-order valence-corrected chi connectivity index (χ3v) is 2.71. The van der Waals surface area contributed by atoms with Gasteiger partial charge in [0, 0.05) is 32.4 Å². The van der Waals surface area contributed by atoms with Gasteiger partial charge in [-0.15, -0.1) is 0 Å². The van der Waals surface area contributed by atoms with Crippen LogP contribution in [-0.4, -0.2) is 29.1 Å². The Bertz CT molecular complexity index is 389. The molecule has 0 unspecified atom stereocenters. The zero-order valence-corrected chi connectivity index (χ0v) is 11.6. The van der Waals surface area contributed by atoms with E-state index in [1.807, 2.05) is 13.8 Å². The van der Waals surface area contributed by atoms with Gasteiger partial charge >= 0.3 is 0 Å². The summed E-state index contributed by atoms with van der Waals surface area (Å²) in [5, 5.41) is 0. The molecule has 0 fully saturated rings. The lowest BCUT2D eigenvalue weighted by Crippen LogP contribution is -2.25. The summed E-state index contributed by atoms with van der Waals surface area (Å²) in [5.41, 5.74) is -0.0910. The summed E-state index contributed by atoms with van der Waals surface area (Å²) in [6.45, 7) is 5.54. The molecule has 6 heteroatoms. The second-order valence-corrected chi connectivity index (χ2v) is 4.22. The minimum Gasteiger partial charge on any atom is -0.353 e. The van der Waals surface area contributed by atoms with E-state index in [4.69, 9.17) is 9.47 Å². The van der Waals surface area contributed by atoms with Gasteiger partial charge < -0.3 is 9.47 Å². The molecule has 0 saturated carbocycles. The maximum atomic E-state index is 11.7. The third kappa shape index (κ3) is 4.57. The Morgan fingerprint density at radius 1 is 1.41 bits per heavy atom. The summed E-state index contributed by atoms with van der Waals surface area (Å²) in [4.78, 5) is 15.6. The van der Waals surface area contributed by atoms with E-state index in [-0.39, 0.29) is 11.8 Å². The fourth-order valence-electron chi connectivity index (χ4n) is 1.41. The minimum atomic E-state index is -0.268. The zero-order valence-electron chi connectivity index (χ0n) is 10.1. The zero-order chi connectivity index (χ0) is 12.7. The van der Waals surface area contributed by atoms with E-state index in [1.54, 1.807) is 0 Å². The first-order valence-electron chi connectivity index (χ1n) is 5.62. The molecule has 96 valence electrons. The van der Waals surface area contributed by atoms with Crippen molar-refractivity contribution in [2.45, 2.75) is 33.1 Å². The molecule has 0 aliphatic rings. The highest BCUT2D eigenvalue weighted by Gasteiger charge is 2.09. The van der Waals surface area contributed by atoms with E-state index in [0.717, 1.165) is 0 Å². The Labute approximate surface area is 109 Å². The molecule has 0 spiro atoms. The Balaban J connectivity index is 2.59. The molecule has 1 rings (SSSR count). The van der Waals surface area contributed by atoms with E-state index in [1.165, 1.54) is 17.1 Å². The van der Waals surface area contributed by atoms with Crippen LogP contribution >= 0.6 is 15.9 Å². The van der Waals surface area contributed by atoms with Crippen LogP contribution in [0.2, 0.25) is 0 Å². The standard InChI is InChI=1S/C11H17BrN2O3/c1-3-16-10(17-4-2)5-6-14-8-13-7-9(12)11(14)15/h7-8,10H,3-6H2,1-2H3. The average Bonchev–Trinajstić information content (AvgIpc) is 2.31. The first-order valence-corrected chi connectivity index (χ1v) is 6.41. The smallest absolute Gasteiger partial charge is 0.267 e. The number of hydrogen-bond donors (Lipinski definition) is 0. The SMILES string of the molecule is CCOC(CCn1cncc(Br)c1=O)OCC. The highest BCUT2D eigenvalue weighted by molar-refractivity contribution is 9.10. The highest BCUT2D eigenvalue weighted by atomic mass is 79.9. The van der Waals surface area contributed by atoms with Crippen LogP contribution in [0.1, 0.15) is 20.3 Å². The van der Waals surface area contributed by atoms with Gasteiger partial charge in [0.25, 0.3) is 5.56 Å². The Hall–Kier alpha value is -0.720. The van der Waals surface area contributed by atoms with Gasteiger partial charge in [-0.1, -0.05) is 0 Å². The minimum absolute atomic E-state index is 0.0910. The van der Waals surface area contributed by atoms with E-state index < -0.39 is 0 Å². The monoisotopic (exact) mass is 304 g/mol. The molecular formula is C11H17BrN2O3. The maximum Gasteiger partial charge on any atom is 0.267 e. The average molecular weight is 305 g/mol. The lowest BCUT2D eigenvalue weighted by Gasteiger charge is -2.17. The van der Waals surface area contributed by atoms with Crippen molar-refractivity contribution in [2.75, 3.05) is 13.2 Å². The van der Waals surface area contributed by atoms with Crippen molar-refractivity contribution in [3.63, 3.8) is 0 Å². The van der Waals surface area contributed by atoms with E-state index in [0.29, 0.717) is 30.7 Å². The second kappa shape index (κ2) is 7.58. The summed E-state index contributed by atoms with van der Waals surface area (Å²) in [7, 11) is 0. The van der Waals surface area contributed by atoms with Gasteiger partial charge in [-0.3, -0.25) is 9.36 Å². The number of rotatable bonds is 7. The lowest BCUT2D eigenvalue weighted by molar-refractivity contribution is -0.141. The van der Waals surface area contributed by atoms with Crippen molar-refractivity contribution in [3.8, 4) is 0 Å². The van der Waals surface area contributed by atoms with Crippen molar-refractivity contribution >= 4 is 15.9 Å². The summed E-state index contributed by atoms with van der Waals surface area (Å²) >= 11 is 3.16. The number of ether oxygens (including phenoxy) is 2. The van der Waals surface area contributed by atoms with Gasteiger partial charge in [0.05, 0.1) is 6.33 Å². The molecule has 0 aromatic carbocycles. The third-order valence-electron chi connectivity index (χ3n) is 2.17. The van der Waals surface area contributed by atoms with E-state index >= 15 is 0 Å². The lowest BCUT2D eigenvalue weighted by atomic mass is 10.4. The van der Waals surface area contributed by atoms with Gasteiger partial charge in [0.15, 0.2) is 6.29 Å². The van der Waals surface area contributed by atoms with Gasteiger partial charge in [-0.2, -0.15) is 0 Å². The Morgan fingerprint density at radius 2 is 2.06 bits per heavy atom. The number of halogens is 1. The molecule has 1 aromatic heterocycles. The predicted molar refractivity (Wildman–Crippen MR) is 67.9 cm³/mol. The number of nitrogens with zero attached hydrogens (tertiary/aromatic N) is 2. The summed E-state index contributed by atoms with van der Waals surface area (Å²) in [5.74, 6) is 0. The number of hydrogen-bond acceptors (Lipinski definition) is 4. The van der Waals surface area contributed by atoms with Crippen molar-refractivity contribution in [2.24, 2.45) is 0 Å². The first kappa shape index (κ1) is 14.3. The van der Waals surface area contributed by atoms with Crippen LogP contribution in [0.5, 0.6) is 0 Å². The van der Waals surface area contributed by atoms with Gasteiger partial charge in [0.1, 0.15) is 4.47 Å². The van der Waals surface area contributed by atoms with Crippen molar-refractivity contribution in [1.29, 1.82) is 0 Å². The maximum absolute atomic E-state index is 11.7. The molecule has 1 aromatic rings. The largest absolute Gasteiger partial charge is 0.353 e. The summed E-state index contributed by atoms with van der Waals surface area (Å²) in [6.07, 6.45) is 3.36. The quantitative estimate of drug-likeness (QED) is 0.721. The van der Waals surface area contributed by atoms with Gasteiger partial charge in [0.2, 0.25) is 0 Å². The Morgan fingerprint density at radius 3 is 2.65 bits per heavy atom. The van der Waals surface area contributed by atoms with Crippen LogP contribution in [0.25, 0.3) is 0 Å². The molecule has 0 aliphatic heterocycles.